The van der Waals surface area contributed by atoms with Crippen LogP contribution < -0.4 is 5.32 Å². The molecule has 0 aliphatic carbocycles. The van der Waals surface area contributed by atoms with Crippen molar-refractivity contribution in [2.24, 2.45) is 4.99 Å². The molecule has 160 valence electrons. The van der Waals surface area contributed by atoms with Crippen LogP contribution in [-0.4, -0.2) is 68.2 Å². The van der Waals surface area contributed by atoms with E-state index in [0.717, 1.165) is 55.3 Å². The Morgan fingerprint density at radius 3 is 2.62 bits per heavy atom. The monoisotopic (exact) mass is 512 g/mol. The van der Waals surface area contributed by atoms with Crippen molar-refractivity contribution in [3.05, 3.63) is 36.1 Å². The summed E-state index contributed by atoms with van der Waals surface area (Å²) in [5, 5.41) is 4.79. The van der Waals surface area contributed by atoms with E-state index >= 15 is 0 Å². The highest BCUT2D eigenvalue weighted by Crippen LogP contribution is 2.30. The quantitative estimate of drug-likeness (QED) is 0.376. The van der Waals surface area contributed by atoms with Crippen molar-refractivity contribution in [1.82, 2.24) is 15.1 Å². The summed E-state index contributed by atoms with van der Waals surface area (Å²) in [5.41, 5.74) is 1.12. The van der Waals surface area contributed by atoms with Crippen molar-refractivity contribution in [2.75, 3.05) is 46.9 Å². The molecular weight excluding hydrogens is 479 g/mol. The fourth-order valence-corrected chi connectivity index (χ4v) is 4.60. The molecule has 1 N–H and O–H groups in total. The molecule has 0 unspecified atom stereocenters. The number of ether oxygens (including phenoxy) is 1. The van der Waals surface area contributed by atoms with Crippen LogP contribution in [0.15, 0.2) is 39.7 Å². The van der Waals surface area contributed by atoms with Gasteiger partial charge in [-0.2, -0.15) is 0 Å². The van der Waals surface area contributed by atoms with Gasteiger partial charge in [-0.3, -0.25) is 9.89 Å². The number of likely N-dealkylation sites (tertiary alicyclic amines) is 1. The minimum Gasteiger partial charge on any atom is -0.459 e. The number of guanidine groups is 1. The maximum Gasteiger partial charge on any atom is 0.193 e. The molecule has 2 fully saturated rings. The van der Waals surface area contributed by atoms with Crippen LogP contribution in [0.5, 0.6) is 0 Å². The van der Waals surface area contributed by atoms with E-state index in [2.05, 4.69) is 39.3 Å². The van der Waals surface area contributed by atoms with E-state index in [9.17, 15) is 0 Å². The van der Waals surface area contributed by atoms with E-state index in [4.69, 9.17) is 9.15 Å². The largest absolute Gasteiger partial charge is 0.459 e. The van der Waals surface area contributed by atoms with Gasteiger partial charge in [0.2, 0.25) is 0 Å². The Bertz CT molecular complexity index is 777. The van der Waals surface area contributed by atoms with Crippen molar-refractivity contribution >= 4 is 40.9 Å². The standard InChI is InChI=1S/C22H32N4O2.HI/c1-23-21(25(2)16-19-15-18-7-3-4-8-20(18)28-19)24-17-22(9-13-27-14-10-22)26-11-5-6-12-26;/h3-4,7-8,15H,5-6,9-14,16-17H2,1-2H3,(H,23,24);1H. The first-order chi connectivity index (χ1) is 13.7. The molecule has 29 heavy (non-hydrogen) atoms. The first-order valence-corrected chi connectivity index (χ1v) is 10.4. The van der Waals surface area contributed by atoms with Gasteiger partial charge in [0, 0.05) is 44.8 Å². The Morgan fingerprint density at radius 1 is 1.21 bits per heavy atom. The summed E-state index contributed by atoms with van der Waals surface area (Å²) >= 11 is 0. The number of halogens is 1. The zero-order chi connectivity index (χ0) is 19.4. The van der Waals surface area contributed by atoms with E-state index in [-0.39, 0.29) is 29.5 Å². The first kappa shape index (κ1) is 22.4. The number of fused-ring (bicyclic) bond motifs is 1. The Balaban J connectivity index is 0.00000240. The molecule has 0 atom stereocenters. The number of furan rings is 1. The zero-order valence-electron chi connectivity index (χ0n) is 17.5. The maximum atomic E-state index is 5.98. The van der Waals surface area contributed by atoms with Gasteiger partial charge in [-0.15, -0.1) is 24.0 Å². The summed E-state index contributed by atoms with van der Waals surface area (Å²) in [7, 11) is 3.92. The molecule has 0 amide bonds. The van der Waals surface area contributed by atoms with Crippen LogP contribution in [-0.2, 0) is 11.3 Å². The lowest BCUT2D eigenvalue weighted by molar-refractivity contribution is -0.0166. The predicted molar refractivity (Wildman–Crippen MR) is 128 cm³/mol. The molecular formula is C22H33IN4O2. The fraction of sp³-hybridized carbons (Fsp3) is 0.591. The Morgan fingerprint density at radius 2 is 1.93 bits per heavy atom. The van der Waals surface area contributed by atoms with E-state index < -0.39 is 0 Å². The van der Waals surface area contributed by atoms with Crippen molar-refractivity contribution in [3.8, 4) is 0 Å². The highest BCUT2D eigenvalue weighted by molar-refractivity contribution is 14.0. The Kier molecular flexibility index (Phi) is 7.81. The third kappa shape index (κ3) is 5.06. The normalized spacial score (nSPS) is 19.9. The van der Waals surface area contributed by atoms with Crippen molar-refractivity contribution in [1.29, 1.82) is 0 Å². The zero-order valence-corrected chi connectivity index (χ0v) is 19.9. The third-order valence-electron chi connectivity index (χ3n) is 6.22. The molecule has 2 aliphatic heterocycles. The van der Waals surface area contributed by atoms with E-state index in [0.29, 0.717) is 6.54 Å². The van der Waals surface area contributed by atoms with Gasteiger partial charge in [0.1, 0.15) is 11.3 Å². The van der Waals surface area contributed by atoms with Crippen LogP contribution in [0.4, 0.5) is 0 Å². The molecule has 0 saturated carbocycles. The van der Waals surface area contributed by atoms with E-state index in [1.165, 1.54) is 25.9 Å². The number of rotatable bonds is 5. The number of aliphatic imine (C=N–C) groups is 1. The van der Waals surface area contributed by atoms with Crippen LogP contribution >= 0.6 is 24.0 Å². The third-order valence-corrected chi connectivity index (χ3v) is 6.22. The molecule has 1 aromatic carbocycles. The average molecular weight is 512 g/mol. The summed E-state index contributed by atoms with van der Waals surface area (Å²) < 4.78 is 11.6. The SMILES string of the molecule is CN=C(NCC1(N2CCCC2)CCOCC1)N(C)Cc1cc2ccccc2o1.I. The molecule has 0 spiro atoms. The molecule has 1 aromatic heterocycles. The average Bonchev–Trinajstić information content (AvgIpc) is 3.39. The van der Waals surface area contributed by atoms with Gasteiger partial charge in [-0.05, 0) is 50.9 Å². The first-order valence-electron chi connectivity index (χ1n) is 10.4. The number of benzene rings is 1. The summed E-state index contributed by atoms with van der Waals surface area (Å²) in [5.74, 6) is 1.86. The number of hydrogen-bond acceptors (Lipinski definition) is 4. The fourth-order valence-electron chi connectivity index (χ4n) is 4.60. The minimum absolute atomic E-state index is 0. The van der Waals surface area contributed by atoms with Crippen LogP contribution in [0, 0.1) is 0 Å². The van der Waals surface area contributed by atoms with Crippen LogP contribution in [0.1, 0.15) is 31.4 Å². The molecule has 0 radical (unpaired) electrons. The maximum absolute atomic E-state index is 5.98. The molecule has 6 nitrogen and oxygen atoms in total. The van der Waals surface area contributed by atoms with Crippen LogP contribution in [0.3, 0.4) is 0 Å². The number of nitrogens with zero attached hydrogens (tertiary/aromatic N) is 3. The Hall–Kier alpha value is -1.32. The lowest BCUT2D eigenvalue weighted by Crippen LogP contribution is -2.58. The van der Waals surface area contributed by atoms with Crippen molar-refractivity contribution in [3.63, 3.8) is 0 Å². The van der Waals surface area contributed by atoms with Gasteiger partial charge in [0.05, 0.1) is 6.54 Å². The Labute approximate surface area is 190 Å². The van der Waals surface area contributed by atoms with Gasteiger partial charge < -0.3 is 19.4 Å². The summed E-state index contributed by atoms with van der Waals surface area (Å²) in [6, 6.07) is 10.3. The molecule has 7 heteroatoms. The van der Waals surface area contributed by atoms with Crippen molar-refractivity contribution < 1.29 is 9.15 Å². The lowest BCUT2D eigenvalue weighted by Gasteiger charge is -2.45. The van der Waals surface area contributed by atoms with Gasteiger partial charge in [-0.25, -0.2) is 0 Å². The highest BCUT2D eigenvalue weighted by atomic mass is 127. The second-order valence-corrected chi connectivity index (χ2v) is 8.04. The minimum atomic E-state index is 0. The van der Waals surface area contributed by atoms with Crippen LogP contribution in [0.2, 0.25) is 0 Å². The number of hydrogen-bond donors (Lipinski definition) is 1. The van der Waals surface area contributed by atoms with Gasteiger partial charge in [0.15, 0.2) is 5.96 Å². The number of nitrogens with one attached hydrogen (secondary N) is 1. The molecule has 2 aliphatic rings. The molecule has 2 saturated heterocycles. The topological polar surface area (TPSA) is 53.2 Å². The number of para-hydroxylation sites is 1. The van der Waals surface area contributed by atoms with E-state index in [1.54, 1.807) is 0 Å². The van der Waals surface area contributed by atoms with Gasteiger partial charge >= 0.3 is 0 Å². The van der Waals surface area contributed by atoms with Gasteiger partial charge in [-0.1, -0.05) is 18.2 Å². The van der Waals surface area contributed by atoms with Crippen LogP contribution in [0.25, 0.3) is 11.0 Å². The second-order valence-electron chi connectivity index (χ2n) is 8.04. The summed E-state index contributed by atoms with van der Waals surface area (Å²) in [6.07, 6.45) is 4.79. The van der Waals surface area contributed by atoms with E-state index in [1.807, 2.05) is 25.2 Å². The molecule has 0 bridgehead atoms. The lowest BCUT2D eigenvalue weighted by atomic mass is 9.88. The van der Waals surface area contributed by atoms with Gasteiger partial charge in [0.25, 0.3) is 0 Å². The summed E-state index contributed by atoms with van der Waals surface area (Å²) in [4.78, 5) is 9.33. The second kappa shape index (κ2) is 10.1. The molecule has 3 heterocycles. The molecule has 4 rings (SSSR count). The molecule has 2 aromatic rings. The smallest absolute Gasteiger partial charge is 0.193 e. The highest BCUT2D eigenvalue weighted by Gasteiger charge is 2.39. The van der Waals surface area contributed by atoms with Crippen molar-refractivity contribution in [2.45, 2.75) is 37.8 Å². The summed E-state index contributed by atoms with van der Waals surface area (Å²) in [6.45, 7) is 5.71. The predicted octanol–water partition coefficient (Wildman–Crippen LogP) is 3.70.